The maximum Gasteiger partial charge on any atom is 0.326 e. The van der Waals surface area contributed by atoms with Crippen molar-refractivity contribution in [1.82, 2.24) is 5.32 Å². The molecule has 20 heavy (non-hydrogen) atoms. The molecule has 2 atom stereocenters. The van der Waals surface area contributed by atoms with Crippen molar-refractivity contribution >= 4 is 17.7 Å². The molecule has 2 saturated carbocycles. The first-order valence-corrected chi connectivity index (χ1v) is 9.01. The Kier molecular flexibility index (Phi) is 5.79. The van der Waals surface area contributed by atoms with Crippen molar-refractivity contribution in [3.63, 3.8) is 0 Å². The number of rotatable bonds is 5. The second-order valence-corrected chi connectivity index (χ2v) is 8.24. The van der Waals surface area contributed by atoms with Gasteiger partial charge in [-0.05, 0) is 52.4 Å². The quantitative estimate of drug-likeness (QED) is 0.788. The molecule has 0 heterocycles. The van der Waals surface area contributed by atoms with Crippen LogP contribution >= 0.6 is 11.8 Å². The summed E-state index contributed by atoms with van der Waals surface area (Å²) in [5.41, 5.74) is -0.447. The van der Waals surface area contributed by atoms with Crippen LogP contribution in [0, 0.1) is 0 Å². The molecule has 0 aromatic carbocycles. The second kappa shape index (κ2) is 7.17. The van der Waals surface area contributed by atoms with Crippen LogP contribution in [0.3, 0.4) is 0 Å². The third kappa shape index (κ3) is 3.91. The van der Waals surface area contributed by atoms with E-state index < -0.39 is 5.54 Å². The van der Waals surface area contributed by atoms with Gasteiger partial charge in [0, 0.05) is 16.5 Å². The Morgan fingerprint density at radius 1 is 1.20 bits per heavy atom. The normalized spacial score (nSPS) is 31.7. The third-order valence-electron chi connectivity index (χ3n) is 4.53. The first-order valence-electron chi connectivity index (χ1n) is 8.07. The van der Waals surface area contributed by atoms with Crippen LogP contribution in [0.4, 0.5) is 0 Å². The van der Waals surface area contributed by atoms with Crippen LogP contribution in [0.5, 0.6) is 0 Å². The summed E-state index contributed by atoms with van der Waals surface area (Å²) in [6.45, 7) is 4.22. The molecule has 2 aliphatic carbocycles. The number of nitrogens with one attached hydrogen (secondary N) is 1. The van der Waals surface area contributed by atoms with Crippen molar-refractivity contribution in [3.8, 4) is 0 Å². The summed E-state index contributed by atoms with van der Waals surface area (Å²) in [7, 11) is 1.51. The lowest BCUT2D eigenvalue weighted by Crippen LogP contribution is -2.58. The highest BCUT2D eigenvalue weighted by molar-refractivity contribution is 8.00. The van der Waals surface area contributed by atoms with Gasteiger partial charge in [0.05, 0.1) is 7.11 Å². The molecule has 0 amide bonds. The first kappa shape index (κ1) is 16.2. The minimum Gasteiger partial charge on any atom is -0.468 e. The third-order valence-corrected chi connectivity index (χ3v) is 6.18. The Hall–Kier alpha value is -0.220. The Morgan fingerprint density at radius 3 is 2.45 bits per heavy atom. The topological polar surface area (TPSA) is 38.3 Å². The van der Waals surface area contributed by atoms with Crippen LogP contribution in [-0.2, 0) is 9.53 Å². The van der Waals surface area contributed by atoms with Crippen LogP contribution < -0.4 is 5.32 Å². The van der Waals surface area contributed by atoms with E-state index in [1.165, 1.54) is 39.2 Å². The fourth-order valence-corrected chi connectivity index (χ4v) is 5.59. The monoisotopic (exact) mass is 299 g/mol. The number of carbonyl (C=O) groups excluding carboxylic acids is 1. The molecule has 0 bridgehead atoms. The van der Waals surface area contributed by atoms with Crippen molar-refractivity contribution in [2.75, 3.05) is 7.11 Å². The summed E-state index contributed by atoms with van der Waals surface area (Å²) in [6.07, 6.45) is 9.72. The molecule has 0 aromatic rings. The van der Waals surface area contributed by atoms with E-state index in [2.05, 4.69) is 30.9 Å². The van der Waals surface area contributed by atoms with Gasteiger partial charge in [0.25, 0.3) is 0 Å². The Morgan fingerprint density at radius 2 is 1.85 bits per heavy atom. The van der Waals surface area contributed by atoms with Gasteiger partial charge < -0.3 is 4.74 Å². The lowest BCUT2D eigenvalue weighted by atomic mass is 9.81. The highest BCUT2D eigenvalue weighted by Crippen LogP contribution is 2.41. The van der Waals surface area contributed by atoms with Crippen molar-refractivity contribution in [2.24, 2.45) is 0 Å². The number of hydrogen-bond donors (Lipinski definition) is 1. The minimum atomic E-state index is -0.447. The Balaban J connectivity index is 2.01. The van der Waals surface area contributed by atoms with E-state index in [1.807, 2.05) is 0 Å². The number of methoxy groups -OCH3 is 1. The van der Waals surface area contributed by atoms with Crippen molar-refractivity contribution in [2.45, 2.75) is 87.3 Å². The summed E-state index contributed by atoms with van der Waals surface area (Å²) in [6, 6.07) is 0.310. The van der Waals surface area contributed by atoms with Crippen LogP contribution in [0.15, 0.2) is 0 Å². The zero-order valence-corrected chi connectivity index (χ0v) is 13.9. The average Bonchev–Trinajstić information content (AvgIpc) is 2.90. The van der Waals surface area contributed by atoms with Gasteiger partial charge in [0.15, 0.2) is 0 Å². The average molecular weight is 299 g/mol. The van der Waals surface area contributed by atoms with Crippen LogP contribution in [0.25, 0.3) is 0 Å². The largest absolute Gasteiger partial charge is 0.468 e. The molecule has 2 aliphatic rings. The van der Waals surface area contributed by atoms with E-state index in [4.69, 9.17) is 4.74 Å². The molecule has 0 spiro atoms. The van der Waals surface area contributed by atoms with Crippen molar-refractivity contribution < 1.29 is 9.53 Å². The number of ether oxygens (including phenoxy) is 1. The Labute approximate surface area is 127 Å². The highest BCUT2D eigenvalue weighted by atomic mass is 32.2. The van der Waals surface area contributed by atoms with Crippen LogP contribution in [0.2, 0.25) is 0 Å². The lowest BCUT2D eigenvalue weighted by molar-refractivity contribution is -0.150. The predicted molar refractivity (Wildman–Crippen MR) is 85.1 cm³/mol. The molecule has 0 aromatic heterocycles. The predicted octanol–water partition coefficient (Wildman–Crippen LogP) is 3.51. The van der Waals surface area contributed by atoms with Crippen molar-refractivity contribution in [1.29, 1.82) is 0 Å². The van der Waals surface area contributed by atoms with E-state index in [0.29, 0.717) is 11.3 Å². The van der Waals surface area contributed by atoms with Crippen LogP contribution in [-0.4, -0.2) is 35.2 Å². The zero-order valence-electron chi connectivity index (χ0n) is 13.1. The van der Waals surface area contributed by atoms with Gasteiger partial charge in [0.1, 0.15) is 5.54 Å². The fourth-order valence-electron chi connectivity index (χ4n) is 3.76. The molecular formula is C16H29NO2S. The molecule has 2 rings (SSSR count). The molecule has 0 saturated heterocycles. The van der Waals surface area contributed by atoms with Gasteiger partial charge in [-0.1, -0.05) is 12.8 Å². The van der Waals surface area contributed by atoms with Gasteiger partial charge in [-0.2, -0.15) is 11.8 Å². The summed E-state index contributed by atoms with van der Waals surface area (Å²) < 4.78 is 5.10. The van der Waals surface area contributed by atoms with Gasteiger partial charge in [-0.15, -0.1) is 0 Å². The van der Waals surface area contributed by atoms with Gasteiger partial charge >= 0.3 is 5.97 Å². The van der Waals surface area contributed by atoms with E-state index >= 15 is 0 Å². The zero-order chi connectivity index (χ0) is 14.6. The molecule has 2 fully saturated rings. The standard InChI is InChI=1S/C16H29NO2S/c1-12(2)17-16(15(18)19-3)10-6-9-14(11-16)20-13-7-4-5-8-13/h12-14,17H,4-11H2,1-3H3. The SMILES string of the molecule is COC(=O)C1(NC(C)C)CCCC(SC2CCCC2)C1. The molecule has 4 heteroatoms. The van der Waals surface area contributed by atoms with E-state index in [9.17, 15) is 4.79 Å². The van der Waals surface area contributed by atoms with Crippen LogP contribution in [0.1, 0.15) is 65.2 Å². The number of esters is 1. The second-order valence-electron chi connectivity index (χ2n) is 6.63. The molecule has 0 radical (unpaired) electrons. The molecule has 116 valence electrons. The van der Waals surface area contributed by atoms with Crippen molar-refractivity contribution in [3.05, 3.63) is 0 Å². The van der Waals surface area contributed by atoms with E-state index in [-0.39, 0.29) is 5.97 Å². The Bertz CT molecular complexity index is 328. The fraction of sp³-hybridized carbons (Fsp3) is 0.938. The molecular weight excluding hydrogens is 270 g/mol. The first-order chi connectivity index (χ1) is 9.55. The van der Waals surface area contributed by atoms with Gasteiger partial charge in [0.2, 0.25) is 0 Å². The molecule has 3 nitrogen and oxygen atoms in total. The summed E-state index contributed by atoms with van der Waals surface area (Å²) in [4.78, 5) is 12.3. The lowest BCUT2D eigenvalue weighted by Gasteiger charge is -2.41. The molecule has 1 N–H and O–H groups in total. The molecule has 0 aliphatic heterocycles. The smallest absolute Gasteiger partial charge is 0.326 e. The number of carbonyl (C=O) groups is 1. The summed E-state index contributed by atoms with van der Waals surface area (Å²) in [5, 5.41) is 4.95. The highest BCUT2D eigenvalue weighted by Gasteiger charge is 2.44. The van der Waals surface area contributed by atoms with Gasteiger partial charge in [-0.3, -0.25) is 10.1 Å². The van der Waals surface area contributed by atoms with E-state index in [1.54, 1.807) is 0 Å². The number of thioether (sulfide) groups is 1. The summed E-state index contributed by atoms with van der Waals surface area (Å²) in [5.74, 6) is -0.0667. The molecule has 2 unspecified atom stereocenters. The summed E-state index contributed by atoms with van der Waals surface area (Å²) >= 11 is 2.14. The maximum atomic E-state index is 12.3. The minimum absolute atomic E-state index is 0.0667. The van der Waals surface area contributed by atoms with E-state index in [0.717, 1.165) is 24.5 Å². The maximum absolute atomic E-state index is 12.3. The number of hydrogen-bond acceptors (Lipinski definition) is 4. The van der Waals surface area contributed by atoms with Gasteiger partial charge in [-0.25, -0.2) is 0 Å².